The smallest absolute Gasteiger partial charge is 0.280 e. The zero-order chi connectivity index (χ0) is 23.0. The highest BCUT2D eigenvalue weighted by Crippen LogP contribution is 2.21. The largest absolute Gasteiger partial charge is 0.489 e. The van der Waals surface area contributed by atoms with Crippen LogP contribution in [0.15, 0.2) is 96.1 Å². The summed E-state index contributed by atoms with van der Waals surface area (Å²) >= 11 is 5.89. The molecule has 166 valence electrons. The van der Waals surface area contributed by atoms with Crippen molar-refractivity contribution in [3.05, 3.63) is 107 Å². The van der Waals surface area contributed by atoms with Crippen molar-refractivity contribution in [2.75, 3.05) is 0 Å². The Morgan fingerprint density at radius 3 is 2.39 bits per heavy atom. The van der Waals surface area contributed by atoms with E-state index in [-0.39, 0.29) is 5.91 Å². The summed E-state index contributed by atoms with van der Waals surface area (Å²) in [5.74, 6) is 1.04. The molecule has 1 amide bonds. The predicted octanol–water partition coefficient (Wildman–Crippen LogP) is 5.99. The summed E-state index contributed by atoms with van der Waals surface area (Å²) in [6.45, 7) is 2.14. The molecule has 0 bridgehead atoms. The van der Waals surface area contributed by atoms with Gasteiger partial charge in [-0.15, -0.1) is 0 Å². The fourth-order valence-corrected chi connectivity index (χ4v) is 3.28. The van der Waals surface area contributed by atoms with E-state index in [0.29, 0.717) is 17.4 Å². The van der Waals surface area contributed by atoms with Gasteiger partial charge in [0.05, 0.1) is 6.21 Å². The number of hydrogen-bond acceptors (Lipinski definition) is 4. The van der Waals surface area contributed by atoms with E-state index in [2.05, 4.69) is 10.5 Å². The highest BCUT2D eigenvalue weighted by molar-refractivity contribution is 6.30. The van der Waals surface area contributed by atoms with Crippen molar-refractivity contribution in [1.82, 2.24) is 5.43 Å². The second-order valence-electron chi connectivity index (χ2n) is 7.49. The van der Waals surface area contributed by atoms with Gasteiger partial charge in [-0.1, -0.05) is 54.1 Å². The number of benzene rings is 4. The number of halogens is 1. The minimum atomic E-state index is -0.688. The van der Waals surface area contributed by atoms with Crippen molar-refractivity contribution < 1.29 is 14.3 Å². The van der Waals surface area contributed by atoms with Crippen LogP contribution < -0.4 is 14.9 Å². The Morgan fingerprint density at radius 2 is 1.64 bits per heavy atom. The van der Waals surface area contributed by atoms with Gasteiger partial charge in [0.25, 0.3) is 5.91 Å². The van der Waals surface area contributed by atoms with E-state index in [4.69, 9.17) is 21.1 Å². The number of hydrazone groups is 1. The highest BCUT2D eigenvalue weighted by Gasteiger charge is 2.14. The van der Waals surface area contributed by atoms with E-state index in [9.17, 15) is 4.79 Å². The van der Waals surface area contributed by atoms with E-state index in [1.807, 2.05) is 91.0 Å². The van der Waals surface area contributed by atoms with Gasteiger partial charge in [0.2, 0.25) is 0 Å². The summed E-state index contributed by atoms with van der Waals surface area (Å²) in [6, 6.07) is 28.7. The molecule has 33 heavy (non-hydrogen) atoms. The van der Waals surface area contributed by atoms with E-state index in [1.165, 1.54) is 0 Å². The van der Waals surface area contributed by atoms with Gasteiger partial charge in [0, 0.05) is 5.02 Å². The second kappa shape index (κ2) is 10.7. The highest BCUT2D eigenvalue weighted by atomic mass is 35.5. The maximum atomic E-state index is 12.3. The summed E-state index contributed by atoms with van der Waals surface area (Å²) in [5, 5.41) is 6.90. The molecule has 0 aliphatic heterocycles. The zero-order valence-corrected chi connectivity index (χ0v) is 18.8. The van der Waals surface area contributed by atoms with Crippen molar-refractivity contribution in [2.24, 2.45) is 5.10 Å². The zero-order valence-electron chi connectivity index (χ0n) is 18.1. The Labute approximate surface area is 197 Å². The van der Waals surface area contributed by atoms with Crippen molar-refractivity contribution in [3.8, 4) is 11.5 Å². The molecule has 0 heterocycles. The molecular formula is C27H23ClN2O3. The van der Waals surface area contributed by atoms with Crippen LogP contribution in [-0.2, 0) is 11.4 Å². The Hall–Kier alpha value is -3.83. The average Bonchev–Trinajstić information content (AvgIpc) is 2.84. The summed E-state index contributed by atoms with van der Waals surface area (Å²) in [6.07, 6.45) is 0.885. The van der Waals surface area contributed by atoms with Crippen LogP contribution in [0.2, 0.25) is 5.02 Å². The lowest BCUT2D eigenvalue weighted by Crippen LogP contribution is -2.33. The number of rotatable bonds is 8. The Morgan fingerprint density at radius 1 is 0.939 bits per heavy atom. The van der Waals surface area contributed by atoms with Gasteiger partial charge >= 0.3 is 0 Å². The number of fused-ring (bicyclic) bond motifs is 1. The molecule has 0 saturated carbocycles. The molecule has 4 rings (SSSR count). The average molecular weight is 459 g/mol. The number of carbonyl (C=O) groups excluding carboxylic acids is 1. The third-order valence-corrected chi connectivity index (χ3v) is 5.24. The number of amides is 1. The molecule has 1 atom stereocenters. The Balaban J connectivity index is 1.26. The summed E-state index contributed by atoms with van der Waals surface area (Å²) in [7, 11) is 0. The van der Waals surface area contributed by atoms with Gasteiger partial charge in [-0.3, -0.25) is 4.79 Å². The van der Waals surface area contributed by atoms with Crippen molar-refractivity contribution in [3.63, 3.8) is 0 Å². The van der Waals surface area contributed by atoms with Crippen LogP contribution in [0.25, 0.3) is 10.8 Å². The minimum absolute atomic E-state index is 0.331. The summed E-state index contributed by atoms with van der Waals surface area (Å²) < 4.78 is 11.5. The molecule has 0 radical (unpaired) electrons. The van der Waals surface area contributed by atoms with Crippen LogP contribution >= 0.6 is 11.6 Å². The molecule has 0 aliphatic carbocycles. The van der Waals surface area contributed by atoms with Crippen molar-refractivity contribution in [2.45, 2.75) is 19.6 Å². The number of carbonyl (C=O) groups is 1. The SMILES string of the molecule is C[C@H](Oc1ccc2ccccc2c1)C(=O)N/N=C\c1ccc(OCc2ccc(Cl)cc2)cc1. The van der Waals surface area contributed by atoms with Crippen LogP contribution in [0, 0.1) is 0 Å². The second-order valence-corrected chi connectivity index (χ2v) is 7.92. The van der Waals surface area contributed by atoms with Crippen molar-refractivity contribution >= 4 is 34.5 Å². The number of hydrogen-bond donors (Lipinski definition) is 1. The van der Waals surface area contributed by atoms with E-state index < -0.39 is 6.10 Å². The summed E-state index contributed by atoms with van der Waals surface area (Å²) in [4.78, 5) is 12.3. The van der Waals surface area contributed by atoms with Gasteiger partial charge in [-0.2, -0.15) is 5.10 Å². The van der Waals surface area contributed by atoms with Gasteiger partial charge in [-0.05, 0) is 77.4 Å². The molecule has 4 aromatic carbocycles. The van der Waals surface area contributed by atoms with Gasteiger partial charge in [0.15, 0.2) is 6.10 Å². The number of ether oxygens (including phenoxy) is 2. The third kappa shape index (κ3) is 6.34. The van der Waals surface area contributed by atoms with Crippen LogP contribution in [0.5, 0.6) is 11.5 Å². The molecule has 0 spiro atoms. The lowest BCUT2D eigenvalue weighted by atomic mass is 10.1. The maximum Gasteiger partial charge on any atom is 0.280 e. The first-order valence-electron chi connectivity index (χ1n) is 10.5. The molecule has 0 aliphatic rings. The standard InChI is InChI=1S/C27H23ClN2O3/c1-19(33-26-15-10-22-4-2-3-5-23(22)16-26)27(31)30-29-17-20-8-13-25(14-9-20)32-18-21-6-11-24(28)12-7-21/h2-17,19H,18H2,1H3,(H,30,31)/b29-17-/t19-/m0/s1. The quantitative estimate of drug-likeness (QED) is 0.260. The first-order chi connectivity index (χ1) is 16.1. The molecule has 0 fully saturated rings. The van der Waals surface area contributed by atoms with Crippen molar-refractivity contribution in [1.29, 1.82) is 0 Å². The van der Waals surface area contributed by atoms with Gasteiger partial charge in [0.1, 0.15) is 18.1 Å². The van der Waals surface area contributed by atoms with Gasteiger partial charge in [-0.25, -0.2) is 5.43 Å². The molecule has 0 saturated heterocycles. The predicted molar refractivity (Wildman–Crippen MR) is 132 cm³/mol. The van der Waals surface area contributed by atoms with E-state index in [0.717, 1.165) is 27.6 Å². The topological polar surface area (TPSA) is 59.9 Å². The third-order valence-electron chi connectivity index (χ3n) is 4.99. The lowest BCUT2D eigenvalue weighted by Gasteiger charge is -2.13. The van der Waals surface area contributed by atoms with Crippen LogP contribution in [0.4, 0.5) is 0 Å². The lowest BCUT2D eigenvalue weighted by molar-refractivity contribution is -0.127. The first-order valence-corrected chi connectivity index (χ1v) is 10.9. The Kier molecular flexibility index (Phi) is 7.22. The van der Waals surface area contributed by atoms with Gasteiger partial charge < -0.3 is 9.47 Å². The number of nitrogens with one attached hydrogen (secondary N) is 1. The molecule has 1 N–H and O–H groups in total. The summed E-state index contributed by atoms with van der Waals surface area (Å²) in [5.41, 5.74) is 4.38. The minimum Gasteiger partial charge on any atom is -0.489 e. The van der Waals surface area contributed by atoms with Crippen LogP contribution in [0.1, 0.15) is 18.1 Å². The fraction of sp³-hybridized carbons (Fsp3) is 0.111. The number of nitrogens with zero attached hydrogens (tertiary/aromatic N) is 1. The molecule has 0 aromatic heterocycles. The maximum absolute atomic E-state index is 12.3. The Bertz CT molecular complexity index is 1250. The fourth-order valence-electron chi connectivity index (χ4n) is 3.16. The monoisotopic (exact) mass is 458 g/mol. The first kappa shape index (κ1) is 22.4. The molecule has 6 heteroatoms. The van der Waals surface area contributed by atoms with Crippen LogP contribution in [0.3, 0.4) is 0 Å². The van der Waals surface area contributed by atoms with E-state index >= 15 is 0 Å². The van der Waals surface area contributed by atoms with E-state index in [1.54, 1.807) is 13.1 Å². The van der Waals surface area contributed by atoms with Crippen LogP contribution in [-0.4, -0.2) is 18.2 Å². The molecule has 4 aromatic rings. The molecule has 5 nitrogen and oxygen atoms in total. The molecule has 0 unspecified atom stereocenters. The normalized spacial score (nSPS) is 11.9. The molecular weight excluding hydrogens is 436 g/mol.